The van der Waals surface area contributed by atoms with Crippen LogP contribution in [0.25, 0.3) is 17.1 Å². The van der Waals surface area contributed by atoms with Crippen LogP contribution in [0, 0.1) is 5.92 Å². The first-order chi connectivity index (χ1) is 14.1. The lowest BCUT2D eigenvalue weighted by Gasteiger charge is -2.30. The van der Waals surface area contributed by atoms with Crippen molar-refractivity contribution in [2.45, 2.75) is 24.9 Å². The summed E-state index contributed by atoms with van der Waals surface area (Å²) in [6, 6.07) is 17.5. The van der Waals surface area contributed by atoms with Crippen LogP contribution in [0.2, 0.25) is 5.02 Å². The van der Waals surface area contributed by atoms with Gasteiger partial charge in [0.2, 0.25) is 5.91 Å². The van der Waals surface area contributed by atoms with E-state index in [9.17, 15) is 4.79 Å². The molecule has 2 aromatic carbocycles. The summed E-state index contributed by atoms with van der Waals surface area (Å²) in [4.78, 5) is 14.7. The van der Waals surface area contributed by atoms with Crippen LogP contribution < -0.4 is 0 Å². The monoisotopic (exact) mass is 426 g/mol. The Bertz CT molecular complexity index is 974. The molecule has 1 aliphatic rings. The highest BCUT2D eigenvalue weighted by Crippen LogP contribution is 2.29. The number of carbonyl (C=O) groups is 1. The molecule has 1 aromatic heterocycles. The topological polar surface area (TPSA) is 51.0 Å². The van der Waals surface area contributed by atoms with Crippen LogP contribution in [0.3, 0.4) is 0 Å². The number of carbonyl (C=O) groups excluding carboxylic acids is 1. The van der Waals surface area contributed by atoms with Crippen molar-refractivity contribution in [2.24, 2.45) is 5.92 Å². The highest BCUT2D eigenvalue weighted by atomic mass is 35.5. The van der Waals surface area contributed by atoms with Crippen molar-refractivity contribution < 1.29 is 4.79 Å². The van der Waals surface area contributed by atoms with Gasteiger partial charge in [0.05, 0.1) is 5.75 Å². The molecule has 4 rings (SSSR count). The molecule has 1 aliphatic heterocycles. The molecule has 150 valence electrons. The number of para-hydroxylation sites is 1. The molecule has 0 aliphatic carbocycles. The second kappa shape index (κ2) is 9.01. The number of rotatable bonds is 5. The molecule has 1 atom stereocenters. The van der Waals surface area contributed by atoms with E-state index in [0.29, 0.717) is 21.8 Å². The molecule has 0 radical (unpaired) electrons. The standard InChI is InChI=1S/C22H23ClN4OS/c1-16-6-5-13-26(14-16)20(28)15-29-22-25-24-21(17-9-11-18(23)12-10-17)27(22)19-7-3-2-4-8-19/h2-4,7-12,16H,5-6,13-15H2,1H3. The van der Waals surface area contributed by atoms with Crippen molar-refractivity contribution in [1.29, 1.82) is 0 Å². The summed E-state index contributed by atoms with van der Waals surface area (Å²) in [7, 11) is 0. The summed E-state index contributed by atoms with van der Waals surface area (Å²) in [5.74, 6) is 1.83. The Kier molecular flexibility index (Phi) is 6.21. The lowest BCUT2D eigenvalue weighted by molar-refractivity contribution is -0.130. The molecule has 1 fully saturated rings. The maximum atomic E-state index is 12.7. The van der Waals surface area contributed by atoms with Gasteiger partial charge in [0.25, 0.3) is 0 Å². The molecule has 0 saturated carbocycles. The van der Waals surface area contributed by atoms with Gasteiger partial charge in [-0.05, 0) is 55.2 Å². The van der Waals surface area contributed by atoms with Crippen LogP contribution in [0.1, 0.15) is 19.8 Å². The summed E-state index contributed by atoms with van der Waals surface area (Å²) < 4.78 is 2.00. The number of likely N-dealkylation sites (tertiary alicyclic amines) is 1. The molecule has 0 bridgehead atoms. The Morgan fingerprint density at radius 1 is 1.14 bits per heavy atom. The molecule has 0 N–H and O–H groups in total. The first-order valence-corrected chi connectivity index (χ1v) is 11.2. The van der Waals surface area contributed by atoms with E-state index < -0.39 is 0 Å². The largest absolute Gasteiger partial charge is 0.342 e. The quantitative estimate of drug-likeness (QED) is 0.542. The van der Waals surface area contributed by atoms with Gasteiger partial charge in [-0.25, -0.2) is 0 Å². The highest BCUT2D eigenvalue weighted by molar-refractivity contribution is 7.99. The summed E-state index contributed by atoms with van der Waals surface area (Å²) >= 11 is 7.48. The number of aromatic nitrogens is 3. The van der Waals surface area contributed by atoms with Gasteiger partial charge < -0.3 is 4.90 Å². The molecule has 0 spiro atoms. The average Bonchev–Trinajstić information content (AvgIpc) is 3.17. The average molecular weight is 427 g/mol. The van der Waals surface area contributed by atoms with Gasteiger partial charge in [0.1, 0.15) is 0 Å². The summed E-state index contributed by atoms with van der Waals surface area (Å²) in [6.07, 6.45) is 2.28. The fraction of sp³-hybridized carbons (Fsp3) is 0.318. The van der Waals surface area contributed by atoms with Crippen LogP contribution in [-0.2, 0) is 4.79 Å². The number of hydrogen-bond acceptors (Lipinski definition) is 4. The lowest BCUT2D eigenvalue weighted by Crippen LogP contribution is -2.40. The summed E-state index contributed by atoms with van der Waals surface area (Å²) in [6.45, 7) is 3.91. The predicted molar refractivity (Wildman–Crippen MR) is 118 cm³/mol. The maximum Gasteiger partial charge on any atom is 0.233 e. The van der Waals surface area contributed by atoms with Crippen molar-refractivity contribution >= 4 is 29.3 Å². The van der Waals surface area contributed by atoms with Crippen molar-refractivity contribution in [2.75, 3.05) is 18.8 Å². The molecular weight excluding hydrogens is 404 g/mol. The van der Waals surface area contributed by atoms with Crippen molar-refractivity contribution in [1.82, 2.24) is 19.7 Å². The number of halogens is 1. The Morgan fingerprint density at radius 3 is 2.62 bits per heavy atom. The molecule has 3 aromatic rings. The maximum absolute atomic E-state index is 12.7. The van der Waals surface area contributed by atoms with E-state index in [-0.39, 0.29) is 5.91 Å². The predicted octanol–water partition coefficient (Wildman–Crippen LogP) is 4.94. The third-order valence-electron chi connectivity index (χ3n) is 5.08. The van der Waals surface area contributed by atoms with Crippen LogP contribution in [0.5, 0.6) is 0 Å². The zero-order valence-corrected chi connectivity index (χ0v) is 17.9. The fourth-order valence-corrected chi connectivity index (χ4v) is 4.57. The molecule has 7 heteroatoms. The summed E-state index contributed by atoms with van der Waals surface area (Å²) in [5, 5.41) is 10.2. The minimum Gasteiger partial charge on any atom is -0.342 e. The van der Waals surface area contributed by atoms with Gasteiger partial charge in [-0.15, -0.1) is 10.2 Å². The van der Waals surface area contributed by atoms with E-state index in [1.54, 1.807) is 0 Å². The van der Waals surface area contributed by atoms with E-state index in [0.717, 1.165) is 36.6 Å². The second-order valence-electron chi connectivity index (χ2n) is 7.36. The first kappa shape index (κ1) is 20.0. The number of hydrogen-bond donors (Lipinski definition) is 0. The molecule has 29 heavy (non-hydrogen) atoms. The van der Waals surface area contributed by atoms with Crippen LogP contribution in [0.4, 0.5) is 0 Å². The van der Waals surface area contributed by atoms with Crippen LogP contribution in [0.15, 0.2) is 59.8 Å². The molecule has 1 unspecified atom stereocenters. The second-order valence-corrected chi connectivity index (χ2v) is 8.74. The van der Waals surface area contributed by atoms with Gasteiger partial charge in [-0.1, -0.05) is 48.5 Å². The Hall–Kier alpha value is -2.31. The number of amides is 1. The Balaban J connectivity index is 1.60. The fourth-order valence-electron chi connectivity index (χ4n) is 3.59. The van der Waals surface area contributed by atoms with Gasteiger partial charge in [-0.3, -0.25) is 9.36 Å². The zero-order chi connectivity index (χ0) is 20.2. The van der Waals surface area contributed by atoms with E-state index >= 15 is 0 Å². The molecule has 1 amide bonds. The van der Waals surface area contributed by atoms with Crippen molar-refractivity contribution in [3.63, 3.8) is 0 Å². The van der Waals surface area contributed by atoms with Crippen molar-refractivity contribution in [3.05, 3.63) is 59.6 Å². The van der Waals surface area contributed by atoms with Gasteiger partial charge in [0, 0.05) is 29.4 Å². The smallest absolute Gasteiger partial charge is 0.233 e. The van der Waals surface area contributed by atoms with Crippen LogP contribution >= 0.6 is 23.4 Å². The Morgan fingerprint density at radius 2 is 1.90 bits per heavy atom. The van der Waals surface area contributed by atoms with Crippen LogP contribution in [-0.4, -0.2) is 44.4 Å². The third kappa shape index (κ3) is 4.65. The summed E-state index contributed by atoms with van der Waals surface area (Å²) in [5.41, 5.74) is 1.89. The Labute approximate surface area is 180 Å². The van der Waals surface area contributed by atoms with E-state index in [1.807, 2.05) is 64.1 Å². The molecule has 1 saturated heterocycles. The SMILES string of the molecule is CC1CCCN(C(=O)CSc2nnc(-c3ccc(Cl)cc3)n2-c2ccccc2)C1. The highest BCUT2D eigenvalue weighted by Gasteiger charge is 2.22. The number of nitrogens with zero attached hydrogens (tertiary/aromatic N) is 4. The number of thioether (sulfide) groups is 1. The third-order valence-corrected chi connectivity index (χ3v) is 6.25. The molecule has 2 heterocycles. The van der Waals surface area contributed by atoms with Gasteiger partial charge in [-0.2, -0.15) is 0 Å². The van der Waals surface area contributed by atoms with Crippen molar-refractivity contribution in [3.8, 4) is 17.1 Å². The first-order valence-electron chi connectivity index (χ1n) is 9.79. The zero-order valence-electron chi connectivity index (χ0n) is 16.3. The number of piperidine rings is 1. The normalized spacial score (nSPS) is 16.8. The van der Waals surface area contributed by atoms with Gasteiger partial charge >= 0.3 is 0 Å². The minimum atomic E-state index is 0.164. The van der Waals surface area contributed by atoms with E-state index in [1.165, 1.54) is 18.2 Å². The van der Waals surface area contributed by atoms with Gasteiger partial charge in [0.15, 0.2) is 11.0 Å². The van der Waals surface area contributed by atoms with E-state index in [2.05, 4.69) is 17.1 Å². The molecular formula is C22H23ClN4OS. The number of benzene rings is 2. The minimum absolute atomic E-state index is 0.164. The lowest BCUT2D eigenvalue weighted by atomic mass is 10.0. The molecule has 5 nitrogen and oxygen atoms in total. The van der Waals surface area contributed by atoms with E-state index in [4.69, 9.17) is 11.6 Å².